The Hall–Kier alpha value is -2.29. The smallest absolute Gasteiger partial charge is 0.286 e. The molecule has 0 radical (unpaired) electrons. The molecule has 0 aliphatic heterocycles. The minimum atomic E-state index is -0.352. The molecule has 0 aliphatic rings. The number of rotatable bonds is 5. The molecule has 0 spiro atoms. The first-order valence-electron chi connectivity index (χ1n) is 4.73. The Kier molecular flexibility index (Phi) is 4.60. The lowest BCUT2D eigenvalue weighted by Gasteiger charge is -2.01. The van der Waals surface area contributed by atoms with E-state index in [1.807, 2.05) is 5.32 Å². The van der Waals surface area contributed by atoms with Crippen molar-refractivity contribution in [2.45, 2.75) is 12.8 Å². The van der Waals surface area contributed by atoms with Crippen LogP contribution in [0.5, 0.6) is 0 Å². The largest absolute Gasteiger partial charge is 0.459 e. The fourth-order valence-electron chi connectivity index (χ4n) is 1.07. The molecule has 84 valence electrons. The molecule has 1 heterocycles. The maximum Gasteiger partial charge on any atom is 0.286 e. The van der Waals surface area contributed by atoms with Crippen LogP contribution in [-0.2, 0) is 4.79 Å². The highest BCUT2D eigenvalue weighted by molar-refractivity contribution is 5.91. The van der Waals surface area contributed by atoms with Gasteiger partial charge in [0, 0.05) is 13.0 Å². The summed E-state index contributed by atoms with van der Waals surface area (Å²) in [6.45, 7) is 0.360. The molecule has 1 rings (SSSR count). The maximum atomic E-state index is 11.3. The standard InChI is InChI=1S/C10H11N3O3/c11-7-13-9(14)4-1-5-12-10(15)8-3-2-6-16-8/h2-3,6H,1,4-5H2,(H,12,15)(H,13,14). The number of hydrogen-bond donors (Lipinski definition) is 2. The van der Waals surface area contributed by atoms with Gasteiger partial charge in [-0.2, -0.15) is 5.26 Å². The van der Waals surface area contributed by atoms with Gasteiger partial charge in [-0.05, 0) is 18.6 Å². The summed E-state index contributed by atoms with van der Waals surface area (Å²) < 4.78 is 4.88. The van der Waals surface area contributed by atoms with Crippen molar-refractivity contribution < 1.29 is 14.0 Å². The number of carbonyl (C=O) groups excluding carboxylic acids is 2. The van der Waals surface area contributed by atoms with Crippen LogP contribution < -0.4 is 10.6 Å². The molecule has 0 bridgehead atoms. The summed E-state index contributed by atoms with van der Waals surface area (Å²) in [5, 5.41) is 12.7. The summed E-state index contributed by atoms with van der Waals surface area (Å²) >= 11 is 0. The molecule has 0 aromatic carbocycles. The number of furan rings is 1. The molecule has 0 atom stereocenters. The van der Waals surface area contributed by atoms with Gasteiger partial charge in [0.25, 0.3) is 5.91 Å². The van der Waals surface area contributed by atoms with E-state index in [1.54, 1.807) is 12.1 Å². The second-order valence-electron chi connectivity index (χ2n) is 3.00. The zero-order valence-corrected chi connectivity index (χ0v) is 8.53. The average Bonchev–Trinajstić information content (AvgIpc) is 2.78. The first kappa shape index (κ1) is 11.8. The molecule has 6 nitrogen and oxygen atoms in total. The minimum absolute atomic E-state index is 0.200. The zero-order chi connectivity index (χ0) is 11.8. The van der Waals surface area contributed by atoms with Crippen molar-refractivity contribution in [1.29, 1.82) is 5.26 Å². The van der Waals surface area contributed by atoms with E-state index in [0.29, 0.717) is 13.0 Å². The molecule has 0 aliphatic carbocycles. The first-order valence-corrected chi connectivity index (χ1v) is 4.73. The summed E-state index contributed by atoms with van der Waals surface area (Å²) in [6, 6.07) is 3.17. The molecule has 0 unspecified atom stereocenters. The summed E-state index contributed by atoms with van der Waals surface area (Å²) in [7, 11) is 0. The number of amides is 2. The normalized spacial score (nSPS) is 9.19. The molecular formula is C10H11N3O3. The Morgan fingerprint density at radius 1 is 1.50 bits per heavy atom. The molecule has 2 amide bonds. The number of nitrogens with zero attached hydrogens (tertiary/aromatic N) is 1. The Labute approximate surface area is 92.2 Å². The van der Waals surface area contributed by atoms with E-state index >= 15 is 0 Å². The van der Waals surface area contributed by atoms with Gasteiger partial charge in [0.15, 0.2) is 12.0 Å². The molecule has 0 saturated carbocycles. The van der Waals surface area contributed by atoms with Gasteiger partial charge in [0.1, 0.15) is 0 Å². The van der Waals surface area contributed by atoms with Crippen molar-refractivity contribution in [2.24, 2.45) is 0 Å². The molecule has 1 aromatic rings. The minimum Gasteiger partial charge on any atom is -0.459 e. The highest BCUT2D eigenvalue weighted by Gasteiger charge is 2.07. The van der Waals surface area contributed by atoms with E-state index in [9.17, 15) is 9.59 Å². The SMILES string of the molecule is N#CNC(=O)CCCNC(=O)c1ccco1. The van der Waals surface area contributed by atoms with Gasteiger partial charge in [-0.1, -0.05) is 0 Å². The molecule has 1 aromatic heterocycles. The third-order valence-corrected chi connectivity index (χ3v) is 1.81. The lowest BCUT2D eigenvalue weighted by atomic mass is 10.3. The Balaban J connectivity index is 2.15. The second-order valence-corrected chi connectivity index (χ2v) is 3.00. The average molecular weight is 221 g/mol. The van der Waals surface area contributed by atoms with Crippen molar-refractivity contribution in [3.63, 3.8) is 0 Å². The van der Waals surface area contributed by atoms with Crippen LogP contribution in [0.15, 0.2) is 22.8 Å². The van der Waals surface area contributed by atoms with E-state index in [4.69, 9.17) is 9.68 Å². The van der Waals surface area contributed by atoms with Crippen LogP contribution in [0.2, 0.25) is 0 Å². The quantitative estimate of drug-likeness (QED) is 0.427. The monoisotopic (exact) mass is 221 g/mol. The van der Waals surface area contributed by atoms with Gasteiger partial charge in [0.2, 0.25) is 5.91 Å². The number of nitrogens with one attached hydrogen (secondary N) is 2. The summed E-state index contributed by atoms with van der Waals surface area (Å²) in [4.78, 5) is 22.2. The summed E-state index contributed by atoms with van der Waals surface area (Å²) in [6.07, 6.45) is 3.62. The molecule has 6 heteroatoms. The van der Waals surface area contributed by atoms with Crippen LogP contribution in [-0.4, -0.2) is 18.4 Å². The van der Waals surface area contributed by atoms with Gasteiger partial charge in [0.05, 0.1) is 6.26 Å². The first-order chi connectivity index (χ1) is 7.74. The van der Waals surface area contributed by atoms with Crippen LogP contribution in [0.4, 0.5) is 0 Å². The highest BCUT2D eigenvalue weighted by Crippen LogP contribution is 1.99. The van der Waals surface area contributed by atoms with Gasteiger partial charge in [-0.25, -0.2) is 0 Å². The van der Waals surface area contributed by atoms with E-state index in [-0.39, 0.29) is 24.0 Å². The van der Waals surface area contributed by atoms with E-state index in [1.165, 1.54) is 12.5 Å². The second kappa shape index (κ2) is 6.24. The molecule has 0 saturated heterocycles. The summed E-state index contributed by atoms with van der Waals surface area (Å²) in [5.41, 5.74) is 0. The lowest BCUT2D eigenvalue weighted by molar-refractivity contribution is -0.120. The fraction of sp³-hybridized carbons (Fsp3) is 0.300. The van der Waals surface area contributed by atoms with E-state index in [2.05, 4.69) is 5.32 Å². The third-order valence-electron chi connectivity index (χ3n) is 1.81. The fourth-order valence-corrected chi connectivity index (χ4v) is 1.07. The van der Waals surface area contributed by atoms with Gasteiger partial charge in [-0.3, -0.25) is 14.9 Å². The topological polar surface area (TPSA) is 95.1 Å². The van der Waals surface area contributed by atoms with Crippen molar-refractivity contribution in [3.05, 3.63) is 24.2 Å². The molecule has 0 fully saturated rings. The van der Waals surface area contributed by atoms with Crippen LogP contribution >= 0.6 is 0 Å². The number of nitriles is 1. The van der Waals surface area contributed by atoms with Crippen molar-refractivity contribution in [3.8, 4) is 6.19 Å². The maximum absolute atomic E-state index is 11.3. The molecule has 2 N–H and O–H groups in total. The third kappa shape index (κ3) is 3.84. The zero-order valence-electron chi connectivity index (χ0n) is 8.53. The molecule has 16 heavy (non-hydrogen) atoms. The van der Waals surface area contributed by atoms with E-state index in [0.717, 1.165) is 0 Å². The predicted molar refractivity (Wildman–Crippen MR) is 54.0 cm³/mol. The lowest BCUT2D eigenvalue weighted by Crippen LogP contribution is -2.25. The van der Waals surface area contributed by atoms with Crippen LogP contribution in [0.1, 0.15) is 23.4 Å². The van der Waals surface area contributed by atoms with E-state index < -0.39 is 0 Å². The van der Waals surface area contributed by atoms with Crippen LogP contribution in [0, 0.1) is 11.5 Å². The Morgan fingerprint density at radius 2 is 2.31 bits per heavy atom. The van der Waals surface area contributed by atoms with Crippen molar-refractivity contribution >= 4 is 11.8 Å². The van der Waals surface area contributed by atoms with Crippen LogP contribution in [0.25, 0.3) is 0 Å². The Morgan fingerprint density at radius 3 is 2.94 bits per heavy atom. The summed E-state index contributed by atoms with van der Waals surface area (Å²) in [5.74, 6) is -0.429. The van der Waals surface area contributed by atoms with Crippen LogP contribution in [0.3, 0.4) is 0 Å². The van der Waals surface area contributed by atoms with Crippen molar-refractivity contribution in [1.82, 2.24) is 10.6 Å². The number of carbonyl (C=O) groups is 2. The Bertz CT molecular complexity index is 392. The van der Waals surface area contributed by atoms with Gasteiger partial charge < -0.3 is 9.73 Å². The van der Waals surface area contributed by atoms with Gasteiger partial charge >= 0.3 is 0 Å². The molecular weight excluding hydrogens is 210 g/mol. The predicted octanol–water partition coefficient (Wildman–Crippen LogP) is 0.387. The highest BCUT2D eigenvalue weighted by atomic mass is 16.3. The number of hydrogen-bond acceptors (Lipinski definition) is 4. The van der Waals surface area contributed by atoms with Crippen molar-refractivity contribution in [2.75, 3.05) is 6.54 Å². The van der Waals surface area contributed by atoms with Gasteiger partial charge in [-0.15, -0.1) is 0 Å².